The predicted octanol–water partition coefficient (Wildman–Crippen LogP) is 3.90. The van der Waals surface area contributed by atoms with Gasteiger partial charge < -0.3 is 25.0 Å². The normalized spacial score (nSPS) is 27.1. The minimum atomic E-state index is -1.25. The number of hydrogen-bond donors (Lipinski definition) is 3. The topological polar surface area (TPSA) is 76.4 Å². The third kappa shape index (κ3) is 6.18. The zero-order valence-electron chi connectivity index (χ0n) is 22.3. The monoisotopic (exact) mass is 554 g/mol. The molecular formula is C30H38N2O4S2. The molecule has 0 aliphatic carbocycles. The Morgan fingerprint density at radius 2 is 1.74 bits per heavy atom. The summed E-state index contributed by atoms with van der Waals surface area (Å²) in [6.07, 6.45) is -1.63. The highest BCUT2D eigenvalue weighted by Gasteiger charge is 2.44. The first-order valence-electron chi connectivity index (χ1n) is 13.2. The minimum absolute atomic E-state index is 0.588. The number of rotatable bonds is 7. The van der Waals surface area contributed by atoms with E-state index in [0.717, 1.165) is 50.3 Å². The molecule has 8 heteroatoms. The summed E-state index contributed by atoms with van der Waals surface area (Å²) >= 11 is 3.15. The van der Waals surface area contributed by atoms with Crippen LogP contribution in [-0.4, -0.2) is 88.3 Å². The van der Waals surface area contributed by atoms with Crippen molar-refractivity contribution in [1.29, 1.82) is 0 Å². The maximum absolute atomic E-state index is 10.6. The van der Waals surface area contributed by atoms with Gasteiger partial charge in [0, 0.05) is 48.9 Å². The summed E-state index contributed by atoms with van der Waals surface area (Å²) in [7, 11) is 2.19. The average Bonchev–Trinajstić information content (AvgIpc) is 3.39. The molecule has 3 N–H and O–H groups in total. The van der Waals surface area contributed by atoms with Crippen molar-refractivity contribution >= 4 is 23.1 Å². The molecule has 3 aromatic rings. The Morgan fingerprint density at radius 1 is 0.947 bits per heavy atom. The first kappa shape index (κ1) is 27.8. The largest absolute Gasteiger partial charge is 0.387 e. The second-order valence-electron chi connectivity index (χ2n) is 10.5. The van der Waals surface area contributed by atoms with Gasteiger partial charge in [0.25, 0.3) is 0 Å². The Morgan fingerprint density at radius 3 is 2.50 bits per heavy atom. The molecule has 38 heavy (non-hydrogen) atoms. The van der Waals surface area contributed by atoms with E-state index >= 15 is 0 Å². The molecule has 204 valence electrons. The molecule has 0 saturated carbocycles. The van der Waals surface area contributed by atoms with Gasteiger partial charge in [0.2, 0.25) is 0 Å². The van der Waals surface area contributed by atoms with Crippen LogP contribution in [-0.2, 0) is 17.7 Å². The molecular weight excluding hydrogens is 516 g/mol. The fourth-order valence-electron chi connectivity index (χ4n) is 5.28. The van der Waals surface area contributed by atoms with E-state index in [1.807, 2.05) is 29.7 Å². The molecule has 1 aromatic heterocycles. The van der Waals surface area contributed by atoms with Gasteiger partial charge in [-0.2, -0.15) is 0 Å². The summed E-state index contributed by atoms with van der Waals surface area (Å²) in [5, 5.41) is 31.2. The van der Waals surface area contributed by atoms with E-state index in [-0.39, 0.29) is 0 Å². The highest BCUT2D eigenvalue weighted by atomic mass is 32.2. The first-order valence-corrected chi connectivity index (χ1v) is 15.3. The molecule has 5 atom stereocenters. The number of benzene rings is 2. The van der Waals surface area contributed by atoms with Gasteiger partial charge in [0.15, 0.2) is 0 Å². The van der Waals surface area contributed by atoms with Crippen molar-refractivity contribution in [1.82, 2.24) is 9.80 Å². The Hall–Kier alpha value is -1.75. The molecule has 6 nitrogen and oxygen atoms in total. The first-order chi connectivity index (χ1) is 18.3. The van der Waals surface area contributed by atoms with Crippen molar-refractivity contribution in [2.45, 2.75) is 49.7 Å². The minimum Gasteiger partial charge on any atom is -0.387 e. The van der Waals surface area contributed by atoms with E-state index < -0.39 is 29.9 Å². The average molecular weight is 555 g/mol. The van der Waals surface area contributed by atoms with Crippen molar-refractivity contribution in [2.75, 3.05) is 39.5 Å². The van der Waals surface area contributed by atoms with Crippen LogP contribution in [0.25, 0.3) is 10.4 Å². The van der Waals surface area contributed by atoms with Gasteiger partial charge >= 0.3 is 0 Å². The number of thiophene rings is 1. The standard InChI is InChI=1S/C30H38N2O4S2/c1-19-7-8-22(29-27(34)26(33)28(35)30(36-29)37-3)16-23(19)17-24-9-10-25(38-24)21-6-4-5-20(15-21)18-32-13-11-31(2)12-14-32/h4-10,15-16,26-30,33-35H,11-14,17-18H2,1-3H3/t26-,27-,28+,29?,30-/m1/s1. The quantitative estimate of drug-likeness (QED) is 0.409. The number of thioether (sulfide) groups is 1. The maximum atomic E-state index is 10.6. The van der Waals surface area contributed by atoms with Crippen molar-refractivity contribution in [3.8, 4) is 10.4 Å². The summed E-state index contributed by atoms with van der Waals surface area (Å²) in [6.45, 7) is 7.56. The summed E-state index contributed by atoms with van der Waals surface area (Å²) < 4.78 is 5.99. The second-order valence-corrected chi connectivity index (χ2v) is 12.6. The SMILES string of the molecule is CS[C@H]1OC(c2ccc(C)c(Cc3ccc(-c4cccc(CN5CCN(C)CC5)c4)s3)c2)[C@H](O)[C@@H](O)[C@@H]1O. The smallest absolute Gasteiger partial charge is 0.132 e. The van der Waals surface area contributed by atoms with Crippen LogP contribution in [0.4, 0.5) is 0 Å². The number of piperazine rings is 1. The van der Waals surface area contributed by atoms with Crippen molar-refractivity contribution < 1.29 is 20.1 Å². The van der Waals surface area contributed by atoms with E-state index in [1.54, 1.807) is 0 Å². The van der Waals surface area contributed by atoms with Gasteiger partial charge in [-0.1, -0.05) is 36.4 Å². The van der Waals surface area contributed by atoms with E-state index in [1.165, 1.54) is 38.2 Å². The summed E-state index contributed by atoms with van der Waals surface area (Å²) in [4.78, 5) is 7.45. The summed E-state index contributed by atoms with van der Waals surface area (Å²) in [5.74, 6) is 0. The fraction of sp³-hybridized carbons (Fsp3) is 0.467. The molecule has 1 unspecified atom stereocenters. The highest BCUT2D eigenvalue weighted by molar-refractivity contribution is 7.99. The number of likely N-dealkylation sites (N-methyl/N-ethyl adjacent to an activating group) is 1. The lowest BCUT2D eigenvalue weighted by atomic mass is 9.92. The van der Waals surface area contributed by atoms with E-state index in [4.69, 9.17) is 4.74 Å². The third-order valence-corrected chi connectivity index (χ3v) is 9.73. The lowest BCUT2D eigenvalue weighted by molar-refractivity contribution is -0.200. The molecule has 0 amide bonds. The van der Waals surface area contributed by atoms with Gasteiger partial charge in [-0.25, -0.2) is 0 Å². The van der Waals surface area contributed by atoms with Crippen LogP contribution in [0, 0.1) is 6.92 Å². The number of hydrogen-bond acceptors (Lipinski definition) is 8. The van der Waals surface area contributed by atoms with E-state index in [2.05, 4.69) is 66.2 Å². The van der Waals surface area contributed by atoms with Gasteiger partial charge in [-0.15, -0.1) is 23.1 Å². The fourth-order valence-corrected chi connectivity index (χ4v) is 6.98. The van der Waals surface area contributed by atoms with Crippen LogP contribution < -0.4 is 0 Å². The van der Waals surface area contributed by atoms with Crippen LogP contribution in [0.3, 0.4) is 0 Å². The second kappa shape index (κ2) is 12.2. The van der Waals surface area contributed by atoms with E-state index in [9.17, 15) is 15.3 Å². The summed E-state index contributed by atoms with van der Waals surface area (Å²) in [5.41, 5.74) is 5.17. The lowest BCUT2D eigenvalue weighted by Crippen LogP contribution is -2.52. The predicted molar refractivity (Wildman–Crippen MR) is 156 cm³/mol. The highest BCUT2D eigenvalue weighted by Crippen LogP contribution is 2.37. The van der Waals surface area contributed by atoms with Crippen LogP contribution in [0.15, 0.2) is 54.6 Å². The number of aryl methyl sites for hydroxylation is 1. The van der Waals surface area contributed by atoms with Crippen LogP contribution in [0.2, 0.25) is 0 Å². The molecule has 3 heterocycles. The molecule has 2 fully saturated rings. The van der Waals surface area contributed by atoms with Crippen LogP contribution in [0.5, 0.6) is 0 Å². The van der Waals surface area contributed by atoms with Crippen molar-refractivity contribution in [3.63, 3.8) is 0 Å². The van der Waals surface area contributed by atoms with E-state index in [0.29, 0.717) is 0 Å². The van der Waals surface area contributed by atoms with Crippen molar-refractivity contribution in [2.24, 2.45) is 0 Å². The molecule has 2 aliphatic heterocycles. The molecule has 0 spiro atoms. The van der Waals surface area contributed by atoms with Gasteiger partial charge in [0.1, 0.15) is 29.9 Å². The Balaban J connectivity index is 1.30. The third-order valence-electron chi connectivity index (χ3n) is 7.74. The Labute approximate surface area is 233 Å². The van der Waals surface area contributed by atoms with Crippen LogP contribution in [0.1, 0.15) is 33.2 Å². The van der Waals surface area contributed by atoms with Crippen LogP contribution >= 0.6 is 23.1 Å². The number of aliphatic hydroxyl groups is 3. The molecule has 2 aliphatic rings. The molecule has 0 bridgehead atoms. The Bertz CT molecular complexity index is 1220. The molecule has 2 saturated heterocycles. The molecule has 5 rings (SSSR count). The number of aliphatic hydroxyl groups excluding tert-OH is 3. The lowest BCUT2D eigenvalue weighted by Gasteiger charge is -2.40. The summed E-state index contributed by atoms with van der Waals surface area (Å²) in [6, 6.07) is 19.4. The zero-order chi connectivity index (χ0) is 26.8. The van der Waals surface area contributed by atoms with Gasteiger partial charge in [-0.05, 0) is 66.2 Å². The maximum Gasteiger partial charge on any atom is 0.132 e. The van der Waals surface area contributed by atoms with Crippen molar-refractivity contribution in [3.05, 3.63) is 81.7 Å². The molecule has 0 radical (unpaired) electrons. The van der Waals surface area contributed by atoms with Gasteiger partial charge in [0.05, 0.1) is 0 Å². The number of nitrogens with zero attached hydrogens (tertiary/aromatic N) is 2. The Kier molecular flexibility index (Phi) is 8.92. The zero-order valence-corrected chi connectivity index (χ0v) is 23.9. The molecule has 2 aromatic carbocycles. The van der Waals surface area contributed by atoms with Gasteiger partial charge in [-0.3, -0.25) is 4.90 Å². The number of ether oxygens (including phenoxy) is 1.